The topological polar surface area (TPSA) is 27.7 Å². The van der Waals surface area contributed by atoms with E-state index in [1.165, 1.54) is 0 Å². The third-order valence-electron chi connectivity index (χ3n) is 4.44. The van der Waals surface area contributed by atoms with Gasteiger partial charge >= 0.3 is 0 Å². The lowest BCUT2D eigenvalue weighted by Crippen LogP contribution is -2.13. The van der Waals surface area contributed by atoms with Gasteiger partial charge in [-0.3, -0.25) is 0 Å². The molecular weight excluding hydrogens is 348 g/mol. The van der Waals surface area contributed by atoms with E-state index in [0.717, 1.165) is 28.4 Å². The molecule has 1 atom stereocenters. The lowest BCUT2D eigenvalue weighted by molar-refractivity contribution is 0.00725. The average molecular weight is 376 g/mol. The second kappa shape index (κ2) is 9.95. The van der Waals surface area contributed by atoms with Gasteiger partial charge in [-0.2, -0.15) is 0 Å². The minimum Gasteiger partial charge on any atom is -0.493 e. The molecule has 0 saturated heterocycles. The largest absolute Gasteiger partial charge is 0.493 e. The molecule has 0 aliphatic carbocycles. The van der Waals surface area contributed by atoms with E-state index in [1.807, 2.05) is 73.7 Å². The van der Waals surface area contributed by atoms with Crippen LogP contribution in [0.4, 0.5) is 0 Å². The van der Waals surface area contributed by atoms with Crippen LogP contribution in [0.1, 0.15) is 38.0 Å². The molecule has 28 heavy (non-hydrogen) atoms. The van der Waals surface area contributed by atoms with Crippen molar-refractivity contribution in [1.82, 2.24) is 0 Å². The van der Waals surface area contributed by atoms with Crippen LogP contribution in [0.5, 0.6) is 17.2 Å². The molecule has 0 amide bonds. The van der Waals surface area contributed by atoms with Gasteiger partial charge in [-0.05, 0) is 48.7 Å². The summed E-state index contributed by atoms with van der Waals surface area (Å²) in [7, 11) is 0. The Morgan fingerprint density at radius 1 is 0.786 bits per heavy atom. The van der Waals surface area contributed by atoms with Crippen LogP contribution >= 0.6 is 0 Å². The minimum absolute atomic E-state index is 0.0403. The van der Waals surface area contributed by atoms with Gasteiger partial charge in [0.25, 0.3) is 0 Å². The highest BCUT2D eigenvalue weighted by molar-refractivity contribution is 5.36. The lowest BCUT2D eigenvalue weighted by atomic mass is 9.98. The lowest BCUT2D eigenvalue weighted by Gasteiger charge is -2.24. The molecule has 0 bridgehead atoms. The number of rotatable bonds is 9. The highest BCUT2D eigenvalue weighted by atomic mass is 16.5. The minimum atomic E-state index is -0.0403. The van der Waals surface area contributed by atoms with Crippen molar-refractivity contribution in [3.05, 3.63) is 90.0 Å². The van der Waals surface area contributed by atoms with Crippen molar-refractivity contribution in [1.29, 1.82) is 0 Å². The van der Waals surface area contributed by atoms with Crippen LogP contribution in [0.2, 0.25) is 0 Å². The zero-order valence-corrected chi connectivity index (χ0v) is 16.8. The summed E-state index contributed by atoms with van der Waals surface area (Å²) in [5.74, 6) is 2.85. The first kappa shape index (κ1) is 20.0. The van der Waals surface area contributed by atoms with E-state index < -0.39 is 0 Å². The molecule has 0 saturated carbocycles. The van der Waals surface area contributed by atoms with Gasteiger partial charge in [0.2, 0.25) is 0 Å². The van der Waals surface area contributed by atoms with Gasteiger partial charge in [0.1, 0.15) is 17.2 Å². The fourth-order valence-electron chi connectivity index (χ4n) is 3.15. The van der Waals surface area contributed by atoms with E-state index in [2.05, 4.69) is 26.0 Å². The van der Waals surface area contributed by atoms with Crippen molar-refractivity contribution in [2.75, 3.05) is 6.61 Å². The molecule has 0 aromatic heterocycles. The molecular formula is C25H28O3. The first-order chi connectivity index (χ1) is 13.7. The van der Waals surface area contributed by atoms with Gasteiger partial charge in [0.05, 0.1) is 19.3 Å². The van der Waals surface area contributed by atoms with Gasteiger partial charge < -0.3 is 14.2 Å². The average Bonchev–Trinajstić information content (AvgIpc) is 2.70. The van der Waals surface area contributed by atoms with Crippen LogP contribution in [0, 0.1) is 5.92 Å². The zero-order valence-electron chi connectivity index (χ0n) is 16.8. The summed E-state index contributed by atoms with van der Waals surface area (Å²) in [4.78, 5) is 0. The predicted molar refractivity (Wildman–Crippen MR) is 113 cm³/mol. The van der Waals surface area contributed by atoms with E-state index in [9.17, 15) is 0 Å². The molecule has 0 aliphatic heterocycles. The summed E-state index contributed by atoms with van der Waals surface area (Å²) in [5, 5.41) is 0. The molecule has 0 N–H and O–H groups in total. The Morgan fingerprint density at radius 3 is 2.25 bits per heavy atom. The van der Waals surface area contributed by atoms with Crippen molar-refractivity contribution in [2.45, 2.75) is 33.5 Å². The van der Waals surface area contributed by atoms with Crippen molar-refractivity contribution in [3.8, 4) is 17.2 Å². The number of para-hydroxylation sites is 2. The number of hydrogen-bond donors (Lipinski definition) is 0. The zero-order chi connectivity index (χ0) is 19.8. The molecule has 0 spiro atoms. The van der Waals surface area contributed by atoms with Gasteiger partial charge in [-0.25, -0.2) is 0 Å². The van der Waals surface area contributed by atoms with E-state index in [-0.39, 0.29) is 6.10 Å². The van der Waals surface area contributed by atoms with Gasteiger partial charge in [0, 0.05) is 5.56 Å². The third-order valence-corrected chi connectivity index (χ3v) is 4.44. The first-order valence-electron chi connectivity index (χ1n) is 9.82. The molecule has 0 fully saturated rings. The summed E-state index contributed by atoms with van der Waals surface area (Å²) in [6.45, 7) is 7.49. The second-order valence-electron chi connectivity index (χ2n) is 7.01. The molecule has 3 aromatic rings. The highest BCUT2D eigenvalue weighted by Crippen LogP contribution is 2.34. The van der Waals surface area contributed by atoms with Crippen LogP contribution in [-0.2, 0) is 11.3 Å². The second-order valence-corrected chi connectivity index (χ2v) is 7.01. The van der Waals surface area contributed by atoms with Crippen molar-refractivity contribution >= 4 is 0 Å². The highest BCUT2D eigenvalue weighted by Gasteiger charge is 2.20. The molecule has 3 nitrogen and oxygen atoms in total. The summed E-state index contributed by atoms with van der Waals surface area (Å²) in [6, 6.07) is 26.0. The molecule has 0 radical (unpaired) electrons. The number of hydrogen-bond acceptors (Lipinski definition) is 3. The standard InChI is InChI=1S/C25H28O3/c1-4-26-24-16-9-8-15-23(24)25(19(2)3)27-18-20-11-10-14-22(17-20)28-21-12-6-5-7-13-21/h5-17,19,25H,4,18H2,1-3H3. The molecule has 3 heteroatoms. The summed E-state index contributed by atoms with van der Waals surface area (Å²) in [6.07, 6.45) is -0.0403. The SMILES string of the molecule is CCOc1ccccc1C(OCc1cccc(Oc2ccccc2)c1)C(C)C. The molecule has 0 heterocycles. The number of ether oxygens (including phenoxy) is 3. The molecule has 0 aliphatic rings. The first-order valence-corrected chi connectivity index (χ1v) is 9.82. The Balaban J connectivity index is 1.72. The summed E-state index contributed by atoms with van der Waals surface area (Å²) >= 11 is 0. The Bertz CT molecular complexity index is 858. The molecule has 146 valence electrons. The maximum atomic E-state index is 6.33. The quantitative estimate of drug-likeness (QED) is 0.411. The van der Waals surface area contributed by atoms with Gasteiger partial charge in [0.15, 0.2) is 0 Å². The van der Waals surface area contributed by atoms with E-state index in [0.29, 0.717) is 19.1 Å². The van der Waals surface area contributed by atoms with Crippen LogP contribution < -0.4 is 9.47 Å². The number of benzene rings is 3. The van der Waals surface area contributed by atoms with E-state index in [1.54, 1.807) is 0 Å². The van der Waals surface area contributed by atoms with Crippen LogP contribution in [-0.4, -0.2) is 6.61 Å². The Kier molecular flexibility index (Phi) is 7.10. The maximum absolute atomic E-state index is 6.33. The third kappa shape index (κ3) is 5.37. The maximum Gasteiger partial charge on any atom is 0.127 e. The Morgan fingerprint density at radius 2 is 1.50 bits per heavy atom. The Hall–Kier alpha value is -2.78. The predicted octanol–water partition coefficient (Wildman–Crippen LogP) is 6.79. The fraction of sp³-hybridized carbons (Fsp3) is 0.280. The van der Waals surface area contributed by atoms with Crippen molar-refractivity contribution in [3.63, 3.8) is 0 Å². The van der Waals surface area contributed by atoms with Crippen LogP contribution in [0.15, 0.2) is 78.9 Å². The molecule has 3 aromatic carbocycles. The van der Waals surface area contributed by atoms with Gasteiger partial charge in [-0.15, -0.1) is 0 Å². The Labute approximate surface area is 167 Å². The fourth-order valence-corrected chi connectivity index (χ4v) is 3.15. The summed E-state index contributed by atoms with van der Waals surface area (Å²) in [5.41, 5.74) is 2.17. The monoisotopic (exact) mass is 376 g/mol. The van der Waals surface area contributed by atoms with E-state index in [4.69, 9.17) is 14.2 Å². The van der Waals surface area contributed by atoms with Crippen molar-refractivity contribution in [2.24, 2.45) is 5.92 Å². The van der Waals surface area contributed by atoms with Crippen LogP contribution in [0.25, 0.3) is 0 Å². The van der Waals surface area contributed by atoms with Crippen molar-refractivity contribution < 1.29 is 14.2 Å². The summed E-state index contributed by atoms with van der Waals surface area (Å²) < 4.78 is 18.1. The van der Waals surface area contributed by atoms with E-state index >= 15 is 0 Å². The van der Waals surface area contributed by atoms with Gasteiger partial charge in [-0.1, -0.05) is 62.4 Å². The van der Waals surface area contributed by atoms with Crippen LogP contribution in [0.3, 0.4) is 0 Å². The normalized spacial score (nSPS) is 12.0. The smallest absolute Gasteiger partial charge is 0.127 e. The molecule has 1 unspecified atom stereocenters. The molecule has 3 rings (SSSR count).